The van der Waals surface area contributed by atoms with E-state index in [1.807, 2.05) is 30.3 Å². The summed E-state index contributed by atoms with van der Waals surface area (Å²) in [6, 6.07) is 16.1. The standard InChI is InChI=1S/C23H29N3O3S/c1-2-15-26(21-12-6-5-7-13-21)23(27)19-24-20-11-10-14-22(18-20)30(28,29)25-16-8-3-4-9-17-25/h2,5-7,10-14,18,24H,1,3-4,8-9,15-17,19H2. The summed E-state index contributed by atoms with van der Waals surface area (Å²) in [5, 5.41) is 3.07. The first kappa shape index (κ1) is 22.1. The molecule has 0 saturated carbocycles. The quantitative estimate of drug-likeness (QED) is 0.649. The van der Waals surface area contributed by atoms with E-state index < -0.39 is 10.0 Å². The number of para-hydroxylation sites is 1. The minimum Gasteiger partial charge on any atom is -0.376 e. The number of nitrogens with one attached hydrogen (secondary N) is 1. The van der Waals surface area contributed by atoms with Crippen molar-refractivity contribution >= 4 is 27.3 Å². The van der Waals surface area contributed by atoms with Crippen molar-refractivity contribution in [1.82, 2.24) is 4.31 Å². The summed E-state index contributed by atoms with van der Waals surface area (Å²) in [4.78, 5) is 14.7. The molecule has 0 bridgehead atoms. The number of rotatable bonds is 8. The molecule has 6 nitrogen and oxygen atoms in total. The van der Waals surface area contributed by atoms with Crippen molar-refractivity contribution in [2.24, 2.45) is 0 Å². The minimum atomic E-state index is -3.53. The summed E-state index contributed by atoms with van der Waals surface area (Å²) < 4.78 is 27.6. The highest BCUT2D eigenvalue weighted by Gasteiger charge is 2.25. The molecule has 0 aliphatic carbocycles. The van der Waals surface area contributed by atoms with Crippen LogP contribution in [0.1, 0.15) is 25.7 Å². The third-order valence-electron chi connectivity index (χ3n) is 5.16. The molecule has 160 valence electrons. The van der Waals surface area contributed by atoms with Gasteiger partial charge in [-0.1, -0.05) is 43.2 Å². The number of carbonyl (C=O) groups is 1. The SMILES string of the molecule is C=CCN(C(=O)CNc1cccc(S(=O)(=O)N2CCCCCC2)c1)c1ccccc1. The third-order valence-corrected chi connectivity index (χ3v) is 7.06. The first-order chi connectivity index (χ1) is 14.5. The van der Waals surface area contributed by atoms with Gasteiger partial charge in [-0.3, -0.25) is 4.79 Å². The number of benzene rings is 2. The van der Waals surface area contributed by atoms with E-state index in [2.05, 4.69) is 11.9 Å². The van der Waals surface area contributed by atoms with Gasteiger partial charge in [0, 0.05) is 31.0 Å². The molecule has 7 heteroatoms. The monoisotopic (exact) mass is 427 g/mol. The molecule has 1 aliphatic heterocycles. The van der Waals surface area contributed by atoms with E-state index in [1.54, 1.807) is 39.5 Å². The first-order valence-corrected chi connectivity index (χ1v) is 11.8. The lowest BCUT2D eigenvalue weighted by Gasteiger charge is -2.22. The Balaban J connectivity index is 1.70. The van der Waals surface area contributed by atoms with Crippen molar-refractivity contribution in [3.8, 4) is 0 Å². The smallest absolute Gasteiger partial charge is 0.246 e. The summed E-state index contributed by atoms with van der Waals surface area (Å²) >= 11 is 0. The zero-order valence-electron chi connectivity index (χ0n) is 17.2. The topological polar surface area (TPSA) is 69.7 Å². The zero-order valence-corrected chi connectivity index (χ0v) is 18.0. The van der Waals surface area contributed by atoms with Crippen molar-refractivity contribution in [3.63, 3.8) is 0 Å². The van der Waals surface area contributed by atoms with Crippen molar-refractivity contribution in [3.05, 3.63) is 67.3 Å². The minimum absolute atomic E-state index is 0.0515. The summed E-state index contributed by atoms with van der Waals surface area (Å²) in [6.07, 6.45) is 5.60. The Morgan fingerprint density at radius 2 is 1.73 bits per heavy atom. The van der Waals surface area contributed by atoms with E-state index in [0.29, 0.717) is 25.3 Å². The number of sulfonamides is 1. The second-order valence-corrected chi connectivity index (χ2v) is 9.27. The van der Waals surface area contributed by atoms with E-state index in [9.17, 15) is 13.2 Å². The van der Waals surface area contributed by atoms with Crippen molar-refractivity contribution in [1.29, 1.82) is 0 Å². The number of carbonyl (C=O) groups excluding carboxylic acids is 1. The summed E-state index contributed by atoms with van der Waals surface area (Å²) in [5.41, 5.74) is 1.40. The van der Waals surface area contributed by atoms with Crippen LogP contribution in [0, 0.1) is 0 Å². The Hall–Kier alpha value is -2.64. The number of anilines is 2. The predicted octanol–water partition coefficient (Wildman–Crippen LogP) is 3.88. The largest absolute Gasteiger partial charge is 0.376 e. The fourth-order valence-electron chi connectivity index (χ4n) is 3.56. The van der Waals surface area contributed by atoms with Gasteiger partial charge in [-0.2, -0.15) is 4.31 Å². The van der Waals surface area contributed by atoms with Crippen LogP contribution in [-0.2, 0) is 14.8 Å². The highest BCUT2D eigenvalue weighted by atomic mass is 32.2. The summed E-state index contributed by atoms with van der Waals surface area (Å²) in [5.74, 6) is -0.123. The predicted molar refractivity (Wildman–Crippen MR) is 121 cm³/mol. The maximum absolute atomic E-state index is 13.0. The van der Waals surface area contributed by atoms with E-state index >= 15 is 0 Å². The molecule has 1 aliphatic rings. The average Bonchev–Trinajstić information content (AvgIpc) is 3.07. The van der Waals surface area contributed by atoms with Gasteiger partial charge in [0.2, 0.25) is 15.9 Å². The highest BCUT2D eigenvalue weighted by Crippen LogP contribution is 2.23. The van der Waals surface area contributed by atoms with Crippen LogP contribution < -0.4 is 10.2 Å². The van der Waals surface area contributed by atoms with Gasteiger partial charge >= 0.3 is 0 Å². The van der Waals surface area contributed by atoms with Crippen molar-refractivity contribution in [2.45, 2.75) is 30.6 Å². The van der Waals surface area contributed by atoms with Gasteiger partial charge in [0.05, 0.1) is 11.4 Å². The van der Waals surface area contributed by atoms with Crippen LogP contribution in [0.4, 0.5) is 11.4 Å². The Morgan fingerprint density at radius 1 is 1.03 bits per heavy atom. The molecule has 1 saturated heterocycles. The van der Waals surface area contributed by atoms with Crippen LogP contribution in [0.3, 0.4) is 0 Å². The fraction of sp³-hybridized carbons (Fsp3) is 0.348. The van der Waals surface area contributed by atoms with E-state index in [1.165, 1.54) is 0 Å². The lowest BCUT2D eigenvalue weighted by molar-refractivity contribution is -0.116. The molecule has 3 rings (SSSR count). The van der Waals surface area contributed by atoms with Gasteiger partial charge in [-0.25, -0.2) is 8.42 Å². The number of hydrogen-bond donors (Lipinski definition) is 1. The van der Waals surface area contributed by atoms with Crippen molar-refractivity contribution in [2.75, 3.05) is 36.4 Å². The van der Waals surface area contributed by atoms with E-state index in [0.717, 1.165) is 31.4 Å². The lowest BCUT2D eigenvalue weighted by atomic mass is 10.2. The van der Waals surface area contributed by atoms with E-state index in [-0.39, 0.29) is 17.3 Å². The summed E-state index contributed by atoms with van der Waals surface area (Å²) in [6.45, 7) is 5.30. The van der Waals surface area contributed by atoms with Crippen LogP contribution in [0.15, 0.2) is 72.1 Å². The van der Waals surface area contributed by atoms with Gasteiger partial charge in [0.1, 0.15) is 0 Å². The Morgan fingerprint density at radius 3 is 2.40 bits per heavy atom. The van der Waals surface area contributed by atoms with Gasteiger partial charge in [-0.05, 0) is 43.2 Å². The Kier molecular flexibility index (Phi) is 7.65. The van der Waals surface area contributed by atoms with Crippen LogP contribution in [-0.4, -0.2) is 44.8 Å². The second-order valence-electron chi connectivity index (χ2n) is 7.33. The maximum Gasteiger partial charge on any atom is 0.246 e. The first-order valence-electron chi connectivity index (χ1n) is 10.3. The Bertz CT molecular complexity index is 953. The molecule has 1 amide bonds. The molecule has 0 aromatic heterocycles. The van der Waals surface area contributed by atoms with E-state index in [4.69, 9.17) is 0 Å². The molecule has 1 heterocycles. The summed E-state index contributed by atoms with van der Waals surface area (Å²) in [7, 11) is -3.53. The van der Waals surface area contributed by atoms with Crippen LogP contribution in [0.5, 0.6) is 0 Å². The lowest BCUT2D eigenvalue weighted by Crippen LogP contribution is -2.35. The number of amides is 1. The fourth-order valence-corrected chi connectivity index (χ4v) is 5.12. The van der Waals surface area contributed by atoms with Crippen LogP contribution >= 0.6 is 0 Å². The molecule has 0 atom stereocenters. The Labute approximate surface area is 179 Å². The molecule has 0 spiro atoms. The van der Waals surface area contributed by atoms with Gasteiger partial charge in [-0.15, -0.1) is 6.58 Å². The maximum atomic E-state index is 13.0. The number of hydrogen-bond acceptors (Lipinski definition) is 4. The zero-order chi connectivity index (χ0) is 21.4. The van der Waals surface area contributed by atoms with Crippen LogP contribution in [0.2, 0.25) is 0 Å². The van der Waals surface area contributed by atoms with Gasteiger partial charge in [0.15, 0.2) is 0 Å². The van der Waals surface area contributed by atoms with Gasteiger partial charge in [0.25, 0.3) is 0 Å². The molecule has 2 aromatic carbocycles. The molecule has 1 N–H and O–H groups in total. The molecule has 1 fully saturated rings. The third kappa shape index (κ3) is 5.49. The molecule has 0 radical (unpaired) electrons. The molecule has 0 unspecified atom stereocenters. The van der Waals surface area contributed by atoms with Gasteiger partial charge < -0.3 is 10.2 Å². The van der Waals surface area contributed by atoms with Crippen molar-refractivity contribution < 1.29 is 13.2 Å². The molecule has 30 heavy (non-hydrogen) atoms. The highest BCUT2D eigenvalue weighted by molar-refractivity contribution is 7.89. The van der Waals surface area contributed by atoms with Crippen LogP contribution in [0.25, 0.3) is 0 Å². The number of nitrogens with zero attached hydrogens (tertiary/aromatic N) is 2. The normalized spacial score (nSPS) is 15.2. The molecular weight excluding hydrogens is 398 g/mol. The second kappa shape index (κ2) is 10.4. The average molecular weight is 428 g/mol. The molecular formula is C23H29N3O3S. The molecule has 2 aromatic rings.